The third-order valence-corrected chi connectivity index (χ3v) is 3.34. The number of carboxylic acid groups (broad SMARTS) is 1. The molecule has 0 radical (unpaired) electrons. The van der Waals surface area contributed by atoms with E-state index in [-0.39, 0.29) is 6.42 Å². The Balaban J connectivity index is 2.94. The van der Waals surface area contributed by atoms with Crippen molar-refractivity contribution in [3.8, 4) is 0 Å². The van der Waals surface area contributed by atoms with Crippen molar-refractivity contribution in [2.24, 2.45) is 0 Å². The van der Waals surface area contributed by atoms with E-state index in [0.29, 0.717) is 5.56 Å². The Hall–Kier alpha value is -3.11. The lowest BCUT2D eigenvalue weighted by Gasteiger charge is -2.21. The zero-order valence-corrected chi connectivity index (χ0v) is 14.1. The predicted molar refractivity (Wildman–Crippen MR) is 84.3 cm³/mol. The van der Waals surface area contributed by atoms with E-state index in [1.54, 1.807) is 30.3 Å². The molecule has 0 bridgehead atoms. The summed E-state index contributed by atoms with van der Waals surface area (Å²) in [5.74, 6) is -6.23. The van der Waals surface area contributed by atoms with Crippen LogP contribution in [0.15, 0.2) is 30.3 Å². The van der Waals surface area contributed by atoms with E-state index in [0.717, 1.165) is 7.11 Å². The lowest BCUT2D eigenvalue weighted by molar-refractivity contribution is -0.175. The topological polar surface area (TPSA) is 122 Å². The summed E-state index contributed by atoms with van der Waals surface area (Å²) in [6.45, 7) is 0. The van der Waals surface area contributed by atoms with Crippen LogP contribution in [-0.4, -0.2) is 54.2 Å². The molecular formula is C16H17F3N2O6. The monoisotopic (exact) mass is 390 g/mol. The fraction of sp³-hybridized carbons (Fsp3) is 0.375. The third kappa shape index (κ3) is 7.34. The minimum absolute atomic E-state index is 0.0493. The van der Waals surface area contributed by atoms with Gasteiger partial charge in [-0.05, 0) is 5.56 Å². The van der Waals surface area contributed by atoms with Crippen LogP contribution in [0.3, 0.4) is 0 Å². The second kappa shape index (κ2) is 9.55. The number of methoxy groups -OCH3 is 1. The van der Waals surface area contributed by atoms with Gasteiger partial charge in [0.2, 0.25) is 5.91 Å². The van der Waals surface area contributed by atoms with Crippen molar-refractivity contribution in [1.29, 1.82) is 0 Å². The van der Waals surface area contributed by atoms with E-state index in [4.69, 9.17) is 5.11 Å². The fourth-order valence-corrected chi connectivity index (χ4v) is 2.08. The molecule has 0 aliphatic carbocycles. The molecule has 0 aromatic heterocycles. The second-order valence-corrected chi connectivity index (χ2v) is 5.40. The van der Waals surface area contributed by atoms with Crippen LogP contribution >= 0.6 is 0 Å². The van der Waals surface area contributed by atoms with Gasteiger partial charge in [-0.25, -0.2) is 4.79 Å². The Morgan fingerprint density at radius 3 is 2.15 bits per heavy atom. The van der Waals surface area contributed by atoms with Crippen molar-refractivity contribution in [2.45, 2.75) is 31.1 Å². The minimum Gasteiger partial charge on any atom is -0.481 e. The standard InChI is InChI=1S/C16H17F3N2O6/c1-27-14(25)11(7-9-5-3-2-4-6-9)20-13(24)10(8-12(22)23)21-15(26)16(17,18)19/h2-6,10-11H,7-8H2,1H3,(H,20,24)(H,21,26)(H,22,23)/t10-,11+/m0/s1. The Morgan fingerprint density at radius 1 is 1.07 bits per heavy atom. The van der Waals surface area contributed by atoms with Gasteiger partial charge in [0.25, 0.3) is 0 Å². The van der Waals surface area contributed by atoms with E-state index >= 15 is 0 Å². The van der Waals surface area contributed by atoms with Gasteiger partial charge in [-0.2, -0.15) is 13.2 Å². The number of carbonyl (C=O) groups excluding carboxylic acids is 3. The van der Waals surface area contributed by atoms with Gasteiger partial charge in [-0.3, -0.25) is 14.4 Å². The molecule has 1 aromatic carbocycles. The second-order valence-electron chi connectivity index (χ2n) is 5.40. The summed E-state index contributed by atoms with van der Waals surface area (Å²) in [5.41, 5.74) is 0.613. The molecule has 3 N–H and O–H groups in total. The average molecular weight is 390 g/mol. The maximum Gasteiger partial charge on any atom is 0.471 e. The van der Waals surface area contributed by atoms with Crippen LogP contribution in [0.5, 0.6) is 0 Å². The molecule has 0 aliphatic rings. The number of esters is 1. The van der Waals surface area contributed by atoms with Crippen molar-refractivity contribution in [2.75, 3.05) is 7.11 Å². The van der Waals surface area contributed by atoms with Gasteiger partial charge in [0, 0.05) is 6.42 Å². The van der Waals surface area contributed by atoms with Crippen LogP contribution in [-0.2, 0) is 30.3 Å². The normalized spacial score (nSPS) is 13.2. The van der Waals surface area contributed by atoms with Crippen molar-refractivity contribution in [3.05, 3.63) is 35.9 Å². The fourth-order valence-electron chi connectivity index (χ4n) is 2.08. The molecule has 0 unspecified atom stereocenters. The molecule has 2 amide bonds. The summed E-state index contributed by atoms with van der Waals surface area (Å²) < 4.78 is 41.7. The zero-order valence-electron chi connectivity index (χ0n) is 14.1. The van der Waals surface area contributed by atoms with Gasteiger partial charge in [0.05, 0.1) is 13.5 Å². The molecule has 148 valence electrons. The van der Waals surface area contributed by atoms with Gasteiger partial charge in [-0.15, -0.1) is 0 Å². The summed E-state index contributed by atoms with van der Waals surface area (Å²) in [7, 11) is 1.05. The smallest absolute Gasteiger partial charge is 0.471 e. The molecule has 11 heteroatoms. The lowest BCUT2D eigenvalue weighted by atomic mass is 10.0. The number of carbonyl (C=O) groups is 4. The maximum atomic E-state index is 12.4. The Bertz CT molecular complexity index is 693. The average Bonchev–Trinajstić information content (AvgIpc) is 2.59. The maximum absolute atomic E-state index is 12.4. The van der Waals surface area contributed by atoms with E-state index in [1.165, 1.54) is 5.32 Å². The highest BCUT2D eigenvalue weighted by atomic mass is 19.4. The summed E-state index contributed by atoms with van der Waals surface area (Å²) in [6.07, 6.45) is -6.46. The van der Waals surface area contributed by atoms with Gasteiger partial charge in [-0.1, -0.05) is 30.3 Å². The van der Waals surface area contributed by atoms with Crippen molar-refractivity contribution in [3.63, 3.8) is 0 Å². The third-order valence-electron chi connectivity index (χ3n) is 3.34. The van der Waals surface area contributed by atoms with Crippen molar-refractivity contribution < 1.29 is 42.2 Å². The summed E-state index contributed by atoms with van der Waals surface area (Å²) in [4.78, 5) is 45.9. The van der Waals surface area contributed by atoms with Crippen molar-refractivity contribution >= 4 is 23.8 Å². The minimum atomic E-state index is -5.30. The van der Waals surface area contributed by atoms with Gasteiger partial charge in [0.1, 0.15) is 12.1 Å². The van der Waals surface area contributed by atoms with E-state index in [2.05, 4.69) is 10.1 Å². The molecule has 2 atom stereocenters. The molecule has 0 spiro atoms. The van der Waals surface area contributed by atoms with E-state index in [9.17, 15) is 32.3 Å². The van der Waals surface area contributed by atoms with Crippen LogP contribution in [0.1, 0.15) is 12.0 Å². The quantitative estimate of drug-likeness (QED) is 0.553. The van der Waals surface area contributed by atoms with Gasteiger partial charge >= 0.3 is 24.0 Å². The molecule has 8 nitrogen and oxygen atoms in total. The number of ether oxygens (including phenoxy) is 1. The molecule has 27 heavy (non-hydrogen) atoms. The van der Waals surface area contributed by atoms with Crippen LogP contribution in [0, 0.1) is 0 Å². The predicted octanol–water partition coefficient (Wildman–Crippen LogP) is 0.409. The number of alkyl halides is 3. The molecule has 0 heterocycles. The van der Waals surface area contributed by atoms with E-state index in [1.807, 2.05) is 0 Å². The van der Waals surface area contributed by atoms with Crippen LogP contribution < -0.4 is 10.6 Å². The summed E-state index contributed by atoms with van der Waals surface area (Å²) in [5, 5.41) is 12.2. The number of halogens is 3. The molecule has 1 aromatic rings. The molecule has 0 saturated carbocycles. The SMILES string of the molecule is COC(=O)[C@@H](Cc1ccccc1)NC(=O)[C@H](CC(=O)O)NC(=O)C(F)(F)F. The first kappa shape index (κ1) is 21.9. The lowest BCUT2D eigenvalue weighted by Crippen LogP contribution is -2.55. The molecule has 0 saturated heterocycles. The van der Waals surface area contributed by atoms with E-state index < -0.39 is 48.4 Å². The number of carboxylic acids is 1. The molecule has 0 aliphatic heterocycles. The Kier molecular flexibility index (Phi) is 7.76. The largest absolute Gasteiger partial charge is 0.481 e. The highest BCUT2D eigenvalue weighted by Crippen LogP contribution is 2.15. The van der Waals surface area contributed by atoms with Crippen molar-refractivity contribution in [1.82, 2.24) is 10.6 Å². The Labute approximate surface area is 151 Å². The van der Waals surface area contributed by atoms with Crippen LogP contribution in [0.4, 0.5) is 13.2 Å². The first-order chi connectivity index (χ1) is 12.5. The van der Waals surface area contributed by atoms with Gasteiger partial charge < -0.3 is 20.5 Å². The first-order valence-electron chi connectivity index (χ1n) is 7.56. The number of aliphatic carboxylic acids is 1. The molecular weight excluding hydrogens is 373 g/mol. The zero-order chi connectivity index (χ0) is 20.6. The number of benzene rings is 1. The summed E-state index contributed by atoms with van der Waals surface area (Å²) in [6, 6.07) is 5.02. The number of rotatable bonds is 8. The highest BCUT2D eigenvalue weighted by Gasteiger charge is 2.41. The van der Waals surface area contributed by atoms with Crippen LogP contribution in [0.25, 0.3) is 0 Å². The molecule has 1 rings (SSSR count). The molecule has 0 fully saturated rings. The Morgan fingerprint density at radius 2 is 1.67 bits per heavy atom. The summed E-state index contributed by atoms with van der Waals surface area (Å²) >= 11 is 0. The number of hydrogen-bond donors (Lipinski definition) is 3. The highest BCUT2D eigenvalue weighted by molar-refractivity contribution is 5.94. The number of nitrogens with one attached hydrogen (secondary N) is 2. The van der Waals surface area contributed by atoms with Gasteiger partial charge in [0.15, 0.2) is 0 Å². The van der Waals surface area contributed by atoms with Crippen LogP contribution in [0.2, 0.25) is 0 Å². The number of hydrogen-bond acceptors (Lipinski definition) is 5. The first-order valence-corrected chi connectivity index (χ1v) is 7.56. The number of amides is 2.